The Morgan fingerprint density at radius 1 is 1.30 bits per heavy atom. The lowest BCUT2D eigenvalue weighted by Crippen LogP contribution is -2.27. The summed E-state index contributed by atoms with van der Waals surface area (Å²) < 4.78 is 7.52. The minimum Gasteiger partial charge on any atom is -0.487 e. The molecule has 0 unspecified atom stereocenters. The summed E-state index contributed by atoms with van der Waals surface area (Å²) in [5.41, 5.74) is 1.75. The molecule has 0 bridgehead atoms. The van der Waals surface area contributed by atoms with Crippen LogP contribution in [-0.2, 0) is 19.7 Å². The van der Waals surface area contributed by atoms with E-state index in [1.165, 1.54) is 11.3 Å². The van der Waals surface area contributed by atoms with Gasteiger partial charge in [-0.3, -0.25) is 9.48 Å². The molecule has 0 spiro atoms. The number of hydrogen-bond acceptors (Lipinski definition) is 4. The summed E-state index contributed by atoms with van der Waals surface area (Å²) in [6.45, 7) is 3.44. The maximum absolute atomic E-state index is 12.7. The molecule has 0 atom stereocenters. The number of amides is 1. The van der Waals surface area contributed by atoms with Gasteiger partial charge in [0.15, 0.2) is 0 Å². The van der Waals surface area contributed by atoms with Crippen molar-refractivity contribution in [3.05, 3.63) is 68.1 Å². The monoisotopic (exact) mass is 423 g/mol. The maximum atomic E-state index is 12.7. The van der Waals surface area contributed by atoms with Crippen molar-refractivity contribution in [2.45, 2.75) is 26.6 Å². The molecule has 3 rings (SSSR count). The lowest BCUT2D eigenvalue weighted by Gasteiger charge is -2.17. The predicted molar refractivity (Wildman–Crippen MR) is 109 cm³/mol. The lowest BCUT2D eigenvalue weighted by atomic mass is 10.3. The molecule has 142 valence electrons. The van der Waals surface area contributed by atoms with E-state index < -0.39 is 0 Å². The van der Waals surface area contributed by atoms with E-state index in [9.17, 15) is 4.79 Å². The Morgan fingerprint density at radius 3 is 2.81 bits per heavy atom. The van der Waals surface area contributed by atoms with Crippen LogP contribution in [0.2, 0.25) is 10.0 Å². The van der Waals surface area contributed by atoms with E-state index in [4.69, 9.17) is 27.9 Å². The molecule has 0 fully saturated rings. The third kappa shape index (κ3) is 4.64. The highest BCUT2D eigenvalue weighted by atomic mass is 35.5. The van der Waals surface area contributed by atoms with E-state index in [0.29, 0.717) is 40.4 Å². The highest BCUT2D eigenvalue weighted by molar-refractivity contribution is 7.12. The molecule has 8 heteroatoms. The van der Waals surface area contributed by atoms with Gasteiger partial charge in [0.25, 0.3) is 5.91 Å². The van der Waals surface area contributed by atoms with Gasteiger partial charge in [0.2, 0.25) is 0 Å². The molecule has 27 heavy (non-hydrogen) atoms. The second kappa shape index (κ2) is 8.78. The summed E-state index contributed by atoms with van der Waals surface area (Å²) >= 11 is 13.7. The molecule has 0 aliphatic carbocycles. The van der Waals surface area contributed by atoms with E-state index >= 15 is 0 Å². The van der Waals surface area contributed by atoms with Crippen LogP contribution in [0, 0.1) is 0 Å². The first-order valence-electron chi connectivity index (χ1n) is 8.40. The molecule has 1 amide bonds. The number of carbonyl (C=O) groups is 1. The largest absolute Gasteiger partial charge is 0.487 e. The molecule has 2 aromatic heterocycles. The van der Waals surface area contributed by atoms with Crippen molar-refractivity contribution in [3.63, 3.8) is 0 Å². The fourth-order valence-corrected chi connectivity index (χ4v) is 3.87. The van der Waals surface area contributed by atoms with Crippen LogP contribution < -0.4 is 4.74 Å². The number of benzene rings is 1. The fraction of sp³-hybridized carbons (Fsp3) is 0.263. The second-order valence-electron chi connectivity index (χ2n) is 5.95. The maximum Gasteiger partial charge on any atom is 0.264 e. The zero-order valence-corrected chi connectivity index (χ0v) is 17.3. The van der Waals surface area contributed by atoms with Gasteiger partial charge in [-0.15, -0.1) is 11.3 Å². The van der Waals surface area contributed by atoms with Crippen molar-refractivity contribution >= 4 is 40.4 Å². The third-order valence-corrected chi connectivity index (χ3v) is 5.62. The number of ether oxygens (including phenoxy) is 1. The van der Waals surface area contributed by atoms with Gasteiger partial charge in [-0.25, -0.2) is 0 Å². The molecule has 1 aromatic carbocycles. The van der Waals surface area contributed by atoms with Gasteiger partial charge in [0.05, 0.1) is 33.4 Å². The normalized spacial score (nSPS) is 10.8. The minimum atomic E-state index is -0.0658. The molecular formula is C19H19Cl2N3O2S. The Kier molecular flexibility index (Phi) is 6.42. The van der Waals surface area contributed by atoms with E-state index in [1.807, 2.05) is 36.6 Å². The Labute approximate surface area is 172 Å². The summed E-state index contributed by atoms with van der Waals surface area (Å²) in [6, 6.07) is 9.16. The van der Waals surface area contributed by atoms with E-state index in [0.717, 1.165) is 11.3 Å². The summed E-state index contributed by atoms with van der Waals surface area (Å²) in [6.07, 6.45) is 1.61. The molecule has 0 radical (unpaired) electrons. The summed E-state index contributed by atoms with van der Waals surface area (Å²) in [5, 5.41) is 7.25. The standard InChI is InChI=1S/C19H19Cl2N3O2S/c1-3-24-16(15(21)9-22-24)10-23(2)19(25)18-8-13(12-27-18)11-26-17-7-5-4-6-14(17)20/h4-9,12H,3,10-11H2,1-2H3. The van der Waals surface area contributed by atoms with Gasteiger partial charge in [-0.2, -0.15) is 5.10 Å². The van der Waals surface area contributed by atoms with E-state index in [2.05, 4.69) is 5.10 Å². The minimum absolute atomic E-state index is 0.0658. The highest BCUT2D eigenvalue weighted by Crippen LogP contribution is 2.25. The zero-order valence-electron chi connectivity index (χ0n) is 15.0. The smallest absolute Gasteiger partial charge is 0.264 e. The van der Waals surface area contributed by atoms with Gasteiger partial charge >= 0.3 is 0 Å². The first kappa shape index (κ1) is 19.7. The topological polar surface area (TPSA) is 47.4 Å². The Morgan fingerprint density at radius 2 is 2.07 bits per heavy atom. The number of hydrogen-bond donors (Lipinski definition) is 0. The van der Waals surface area contributed by atoms with Crippen molar-refractivity contribution in [3.8, 4) is 5.75 Å². The number of halogens is 2. The van der Waals surface area contributed by atoms with Gasteiger partial charge in [-0.1, -0.05) is 35.3 Å². The van der Waals surface area contributed by atoms with Crippen molar-refractivity contribution < 1.29 is 9.53 Å². The molecule has 0 saturated carbocycles. The van der Waals surface area contributed by atoms with Crippen LogP contribution in [-0.4, -0.2) is 27.6 Å². The molecule has 5 nitrogen and oxygen atoms in total. The summed E-state index contributed by atoms with van der Waals surface area (Å²) in [5.74, 6) is 0.557. The van der Waals surface area contributed by atoms with Gasteiger partial charge in [0.1, 0.15) is 12.4 Å². The van der Waals surface area contributed by atoms with Crippen LogP contribution in [0.25, 0.3) is 0 Å². The van der Waals surface area contributed by atoms with E-state index in [-0.39, 0.29) is 5.91 Å². The number of aryl methyl sites for hydroxylation is 1. The number of para-hydroxylation sites is 1. The van der Waals surface area contributed by atoms with Crippen LogP contribution in [0.4, 0.5) is 0 Å². The Balaban J connectivity index is 1.64. The molecule has 0 saturated heterocycles. The van der Waals surface area contributed by atoms with Gasteiger partial charge < -0.3 is 9.64 Å². The van der Waals surface area contributed by atoms with Crippen molar-refractivity contribution in [1.82, 2.24) is 14.7 Å². The molecule has 2 heterocycles. The number of thiophene rings is 1. The quantitative estimate of drug-likeness (QED) is 0.529. The Hall–Kier alpha value is -2.02. The van der Waals surface area contributed by atoms with Crippen LogP contribution in [0.1, 0.15) is 27.9 Å². The lowest BCUT2D eigenvalue weighted by molar-refractivity contribution is 0.0786. The number of carbonyl (C=O) groups excluding carboxylic acids is 1. The molecule has 0 aliphatic rings. The average Bonchev–Trinajstić information content (AvgIpc) is 3.27. The molecular weight excluding hydrogens is 405 g/mol. The van der Waals surface area contributed by atoms with Crippen molar-refractivity contribution in [2.75, 3.05) is 7.05 Å². The van der Waals surface area contributed by atoms with E-state index in [1.54, 1.807) is 28.9 Å². The summed E-state index contributed by atoms with van der Waals surface area (Å²) in [7, 11) is 1.76. The third-order valence-electron chi connectivity index (χ3n) is 4.03. The summed E-state index contributed by atoms with van der Waals surface area (Å²) in [4.78, 5) is 15.0. The fourth-order valence-electron chi connectivity index (χ4n) is 2.59. The molecule has 0 N–H and O–H groups in total. The van der Waals surface area contributed by atoms with Crippen molar-refractivity contribution in [2.24, 2.45) is 0 Å². The first-order chi connectivity index (χ1) is 13.0. The number of nitrogens with zero attached hydrogens (tertiary/aromatic N) is 3. The second-order valence-corrected chi connectivity index (χ2v) is 7.68. The van der Waals surface area contributed by atoms with Crippen LogP contribution in [0.15, 0.2) is 41.9 Å². The first-order valence-corrected chi connectivity index (χ1v) is 10.0. The predicted octanol–water partition coefficient (Wildman–Crippen LogP) is 5.12. The number of aromatic nitrogens is 2. The number of rotatable bonds is 7. The average molecular weight is 424 g/mol. The van der Waals surface area contributed by atoms with Gasteiger partial charge in [-0.05, 0) is 30.5 Å². The molecule has 3 aromatic rings. The molecule has 0 aliphatic heterocycles. The van der Waals surface area contributed by atoms with Crippen LogP contribution in [0.3, 0.4) is 0 Å². The van der Waals surface area contributed by atoms with Crippen LogP contribution >= 0.6 is 34.5 Å². The Bertz CT molecular complexity index is 939. The van der Waals surface area contributed by atoms with Crippen LogP contribution in [0.5, 0.6) is 5.75 Å². The van der Waals surface area contributed by atoms with Gasteiger partial charge in [0, 0.05) is 19.2 Å². The highest BCUT2D eigenvalue weighted by Gasteiger charge is 2.18. The van der Waals surface area contributed by atoms with Crippen molar-refractivity contribution in [1.29, 1.82) is 0 Å². The SMILES string of the molecule is CCn1ncc(Cl)c1CN(C)C(=O)c1cc(COc2ccccc2Cl)cs1. The zero-order chi connectivity index (χ0) is 19.4.